The Balaban J connectivity index is 2.14. The summed E-state index contributed by atoms with van der Waals surface area (Å²) in [5.74, 6) is 0.251. The molecule has 122 valence electrons. The molecule has 0 atom stereocenters. The van der Waals surface area contributed by atoms with Crippen LogP contribution in [-0.2, 0) is 14.8 Å². The van der Waals surface area contributed by atoms with Crippen molar-refractivity contribution in [3.63, 3.8) is 0 Å². The maximum absolute atomic E-state index is 12.5. The Hall–Kier alpha value is -2.54. The first-order valence-corrected chi connectivity index (χ1v) is 8.36. The number of nitrogens with zero attached hydrogens (tertiary/aromatic N) is 1. The van der Waals surface area contributed by atoms with Crippen LogP contribution in [0, 0.1) is 0 Å². The van der Waals surface area contributed by atoms with Crippen LogP contribution >= 0.6 is 0 Å². The third kappa shape index (κ3) is 4.01. The molecule has 0 aromatic heterocycles. The van der Waals surface area contributed by atoms with Crippen molar-refractivity contribution in [2.45, 2.75) is 4.90 Å². The van der Waals surface area contributed by atoms with Gasteiger partial charge in [-0.3, -0.25) is 9.10 Å². The largest absolute Gasteiger partial charge is 0.484 e. The summed E-state index contributed by atoms with van der Waals surface area (Å²) in [6.45, 7) is -0.0893. The number of benzene rings is 2. The Morgan fingerprint density at radius 2 is 1.70 bits per heavy atom. The highest BCUT2D eigenvalue weighted by Crippen LogP contribution is 2.24. The van der Waals surface area contributed by atoms with E-state index in [1.54, 1.807) is 54.6 Å². The van der Waals surface area contributed by atoms with E-state index in [0.717, 1.165) is 0 Å². The van der Waals surface area contributed by atoms with E-state index in [0.29, 0.717) is 11.4 Å². The van der Waals surface area contributed by atoms with Crippen LogP contribution in [0.5, 0.6) is 5.75 Å². The van der Waals surface area contributed by atoms with E-state index in [1.165, 1.54) is 18.4 Å². The fraction of sp³-hybridized carbons (Fsp3) is 0.188. The zero-order valence-corrected chi connectivity index (χ0v) is 13.7. The number of carbonyl (C=O) groups excluding carboxylic acids is 1. The van der Waals surface area contributed by atoms with Gasteiger partial charge in [0.15, 0.2) is 6.61 Å². The first-order valence-electron chi connectivity index (χ1n) is 6.92. The van der Waals surface area contributed by atoms with Gasteiger partial charge in [0.1, 0.15) is 5.75 Å². The molecular weight excluding hydrogens is 316 g/mol. The lowest BCUT2D eigenvalue weighted by atomic mass is 10.3. The molecule has 0 radical (unpaired) electrons. The number of ether oxygens (including phenoxy) is 1. The highest BCUT2D eigenvalue weighted by molar-refractivity contribution is 7.92. The number of hydrogen-bond acceptors (Lipinski definition) is 4. The van der Waals surface area contributed by atoms with Gasteiger partial charge in [-0.25, -0.2) is 8.42 Å². The molecule has 0 aliphatic rings. The molecule has 0 fully saturated rings. The molecule has 0 heterocycles. The van der Waals surface area contributed by atoms with Crippen molar-refractivity contribution >= 4 is 21.6 Å². The fourth-order valence-corrected chi connectivity index (χ4v) is 3.08. The summed E-state index contributed by atoms with van der Waals surface area (Å²) < 4.78 is 31.5. The molecule has 0 saturated heterocycles. The number of likely N-dealkylation sites (N-methyl/N-ethyl adjacent to an activating group) is 1. The highest BCUT2D eigenvalue weighted by Gasteiger charge is 2.20. The minimum Gasteiger partial charge on any atom is -0.484 e. The number of sulfonamides is 1. The van der Waals surface area contributed by atoms with Gasteiger partial charge in [0.05, 0.1) is 10.6 Å². The number of carbonyl (C=O) groups is 1. The van der Waals surface area contributed by atoms with Gasteiger partial charge in [0, 0.05) is 14.1 Å². The van der Waals surface area contributed by atoms with Gasteiger partial charge in [-0.05, 0) is 36.4 Å². The number of nitrogens with one attached hydrogen (secondary N) is 1. The summed E-state index contributed by atoms with van der Waals surface area (Å²) in [5, 5.41) is 2.45. The molecule has 2 rings (SSSR count). The lowest BCUT2D eigenvalue weighted by molar-refractivity contribution is -0.122. The van der Waals surface area contributed by atoms with Crippen molar-refractivity contribution in [3.05, 3.63) is 54.6 Å². The summed E-state index contributed by atoms with van der Waals surface area (Å²) in [4.78, 5) is 11.3. The normalized spacial score (nSPS) is 10.9. The molecule has 0 aliphatic carbocycles. The van der Waals surface area contributed by atoms with Gasteiger partial charge in [-0.2, -0.15) is 0 Å². The van der Waals surface area contributed by atoms with Gasteiger partial charge >= 0.3 is 0 Å². The van der Waals surface area contributed by atoms with Gasteiger partial charge < -0.3 is 10.1 Å². The smallest absolute Gasteiger partial charge is 0.264 e. The zero-order valence-electron chi connectivity index (χ0n) is 12.9. The van der Waals surface area contributed by atoms with E-state index in [4.69, 9.17) is 4.74 Å². The highest BCUT2D eigenvalue weighted by atomic mass is 32.2. The quantitative estimate of drug-likeness (QED) is 0.871. The van der Waals surface area contributed by atoms with Gasteiger partial charge in [-0.15, -0.1) is 0 Å². The first-order chi connectivity index (χ1) is 10.9. The molecule has 0 bridgehead atoms. The minimum atomic E-state index is -3.61. The molecule has 0 spiro atoms. The first kappa shape index (κ1) is 16.8. The van der Waals surface area contributed by atoms with Crippen molar-refractivity contribution in [2.75, 3.05) is 25.0 Å². The zero-order chi connectivity index (χ0) is 16.9. The maximum Gasteiger partial charge on any atom is 0.264 e. The van der Waals surface area contributed by atoms with E-state index in [-0.39, 0.29) is 17.4 Å². The van der Waals surface area contributed by atoms with E-state index in [1.807, 2.05) is 0 Å². The summed E-state index contributed by atoms with van der Waals surface area (Å²) in [5.41, 5.74) is 0.501. The Bertz CT molecular complexity index is 758. The van der Waals surface area contributed by atoms with Crippen LogP contribution in [0.15, 0.2) is 59.5 Å². The summed E-state index contributed by atoms with van der Waals surface area (Å²) >= 11 is 0. The van der Waals surface area contributed by atoms with Crippen LogP contribution in [0.25, 0.3) is 0 Å². The van der Waals surface area contributed by atoms with Crippen LogP contribution in [-0.4, -0.2) is 35.0 Å². The predicted octanol–water partition coefficient (Wildman–Crippen LogP) is 1.64. The van der Waals surface area contributed by atoms with Crippen molar-refractivity contribution < 1.29 is 17.9 Å². The van der Waals surface area contributed by atoms with Crippen molar-refractivity contribution in [3.8, 4) is 5.75 Å². The maximum atomic E-state index is 12.5. The molecule has 6 nitrogen and oxygen atoms in total. The number of hydrogen-bond donors (Lipinski definition) is 1. The molecule has 2 aromatic rings. The number of anilines is 1. The standard InChI is InChI=1S/C16H18N2O4S/c1-17-16(19)12-22-14-10-8-13(9-11-14)18(2)23(20,21)15-6-4-3-5-7-15/h3-11H,12H2,1-2H3,(H,17,19). The second kappa shape index (κ2) is 7.15. The average molecular weight is 334 g/mol. The molecule has 0 saturated carbocycles. The second-order valence-electron chi connectivity index (χ2n) is 4.74. The Labute approximate surface area is 135 Å². The van der Waals surface area contributed by atoms with Crippen LogP contribution in [0.1, 0.15) is 0 Å². The Morgan fingerprint density at radius 3 is 2.26 bits per heavy atom. The lowest BCUT2D eigenvalue weighted by Gasteiger charge is -2.19. The number of rotatable bonds is 6. The predicted molar refractivity (Wildman–Crippen MR) is 88.0 cm³/mol. The molecule has 1 N–H and O–H groups in total. The SMILES string of the molecule is CNC(=O)COc1ccc(N(C)S(=O)(=O)c2ccccc2)cc1. The second-order valence-corrected chi connectivity index (χ2v) is 6.71. The van der Waals surface area contributed by atoms with Crippen LogP contribution in [0.4, 0.5) is 5.69 Å². The van der Waals surface area contributed by atoms with Crippen LogP contribution in [0.3, 0.4) is 0 Å². The summed E-state index contributed by atoms with van der Waals surface area (Å²) in [6, 6.07) is 14.7. The molecular formula is C16H18N2O4S. The Kier molecular flexibility index (Phi) is 5.23. The van der Waals surface area contributed by atoms with E-state index in [9.17, 15) is 13.2 Å². The third-order valence-corrected chi connectivity index (χ3v) is 5.05. The monoisotopic (exact) mass is 334 g/mol. The van der Waals surface area contributed by atoms with E-state index in [2.05, 4.69) is 5.32 Å². The minimum absolute atomic E-state index is 0.0893. The van der Waals surface area contributed by atoms with Crippen molar-refractivity contribution in [1.29, 1.82) is 0 Å². The van der Waals surface area contributed by atoms with E-state index >= 15 is 0 Å². The third-order valence-electron chi connectivity index (χ3n) is 3.25. The van der Waals surface area contributed by atoms with Crippen molar-refractivity contribution in [2.24, 2.45) is 0 Å². The molecule has 0 unspecified atom stereocenters. The topological polar surface area (TPSA) is 75.7 Å². The van der Waals surface area contributed by atoms with Gasteiger partial charge in [0.2, 0.25) is 0 Å². The van der Waals surface area contributed by atoms with E-state index < -0.39 is 10.0 Å². The van der Waals surface area contributed by atoms with Crippen molar-refractivity contribution in [1.82, 2.24) is 5.32 Å². The molecule has 0 aliphatic heterocycles. The lowest BCUT2D eigenvalue weighted by Crippen LogP contribution is -2.26. The molecule has 1 amide bonds. The Morgan fingerprint density at radius 1 is 1.09 bits per heavy atom. The summed E-state index contributed by atoms with van der Waals surface area (Å²) in [6.07, 6.45) is 0. The average Bonchev–Trinajstić information content (AvgIpc) is 2.60. The molecule has 2 aromatic carbocycles. The summed E-state index contributed by atoms with van der Waals surface area (Å²) in [7, 11) is -0.591. The number of amides is 1. The fourth-order valence-electron chi connectivity index (χ4n) is 1.86. The van der Waals surface area contributed by atoms with Gasteiger partial charge in [0.25, 0.3) is 15.9 Å². The molecule has 23 heavy (non-hydrogen) atoms. The van der Waals surface area contributed by atoms with Crippen LogP contribution < -0.4 is 14.4 Å². The molecule has 7 heteroatoms. The van der Waals surface area contributed by atoms with Crippen LogP contribution in [0.2, 0.25) is 0 Å². The van der Waals surface area contributed by atoms with Gasteiger partial charge in [-0.1, -0.05) is 18.2 Å².